The number of H-pyrrole nitrogens is 1. The third kappa shape index (κ3) is 3.07. The van der Waals surface area contributed by atoms with Crippen molar-refractivity contribution in [2.24, 2.45) is 5.92 Å². The van der Waals surface area contributed by atoms with Crippen molar-refractivity contribution in [3.05, 3.63) is 42.6 Å². The number of hydrogen-bond acceptors (Lipinski definition) is 6. The van der Waals surface area contributed by atoms with Gasteiger partial charge in [-0.25, -0.2) is 9.97 Å². The molecule has 0 aliphatic carbocycles. The summed E-state index contributed by atoms with van der Waals surface area (Å²) in [4.78, 5) is 17.6. The maximum absolute atomic E-state index is 4.48. The van der Waals surface area contributed by atoms with Gasteiger partial charge in [0.25, 0.3) is 0 Å². The van der Waals surface area contributed by atoms with E-state index in [0.29, 0.717) is 5.92 Å². The number of nitrogens with zero attached hydrogens (tertiary/aromatic N) is 6. The van der Waals surface area contributed by atoms with Crippen LogP contribution in [0, 0.1) is 5.92 Å². The predicted octanol–water partition coefficient (Wildman–Crippen LogP) is 1.71. The quantitative estimate of drug-likeness (QED) is 0.770. The Balaban J connectivity index is 1.39. The van der Waals surface area contributed by atoms with Crippen molar-refractivity contribution in [3.8, 4) is 0 Å². The standard InChI is InChI=1S/C17H21N7/c1-23(9-13-3-2-5-18-7-13)10-14-4-6-24(11-14)17-15-8-21-22-16(15)19-12-20-17/h2-3,5,7-8,12,14H,4,6,9-11H2,1H3,(H,19,20,21,22)/t14-/m0/s1. The molecule has 24 heavy (non-hydrogen) atoms. The Bertz CT molecular complexity index is 801. The van der Waals surface area contributed by atoms with Crippen LogP contribution < -0.4 is 4.90 Å². The monoisotopic (exact) mass is 323 g/mol. The largest absolute Gasteiger partial charge is 0.356 e. The number of hydrogen-bond donors (Lipinski definition) is 1. The maximum Gasteiger partial charge on any atom is 0.160 e. The summed E-state index contributed by atoms with van der Waals surface area (Å²) in [5, 5.41) is 7.99. The van der Waals surface area contributed by atoms with Gasteiger partial charge in [-0.1, -0.05) is 6.07 Å². The van der Waals surface area contributed by atoms with Crippen molar-refractivity contribution in [1.29, 1.82) is 0 Å². The summed E-state index contributed by atoms with van der Waals surface area (Å²) >= 11 is 0. The second-order valence-corrected chi connectivity index (χ2v) is 6.49. The van der Waals surface area contributed by atoms with Gasteiger partial charge in [-0.3, -0.25) is 10.1 Å². The number of nitrogens with one attached hydrogen (secondary N) is 1. The molecule has 1 atom stereocenters. The summed E-state index contributed by atoms with van der Waals surface area (Å²) in [5.74, 6) is 1.63. The van der Waals surface area contributed by atoms with E-state index in [9.17, 15) is 0 Å². The molecule has 0 aromatic carbocycles. The van der Waals surface area contributed by atoms with Crippen molar-refractivity contribution in [1.82, 2.24) is 30.0 Å². The Labute approximate surface area is 140 Å². The molecule has 1 fully saturated rings. The topological polar surface area (TPSA) is 73.8 Å². The zero-order valence-electron chi connectivity index (χ0n) is 13.8. The van der Waals surface area contributed by atoms with Crippen molar-refractivity contribution < 1.29 is 0 Å². The molecule has 0 radical (unpaired) electrons. The van der Waals surface area contributed by atoms with E-state index < -0.39 is 0 Å². The fraction of sp³-hybridized carbons (Fsp3) is 0.412. The smallest absolute Gasteiger partial charge is 0.160 e. The summed E-state index contributed by atoms with van der Waals surface area (Å²) in [5.41, 5.74) is 2.06. The zero-order chi connectivity index (χ0) is 16.4. The average molecular weight is 323 g/mol. The summed E-state index contributed by atoms with van der Waals surface area (Å²) in [6.45, 7) is 4.06. The number of pyridine rings is 1. The molecule has 1 N–H and O–H groups in total. The fourth-order valence-electron chi connectivity index (χ4n) is 3.49. The van der Waals surface area contributed by atoms with Crippen LogP contribution in [0.25, 0.3) is 11.0 Å². The number of rotatable bonds is 5. The Hall–Kier alpha value is -2.54. The summed E-state index contributed by atoms with van der Waals surface area (Å²) in [6.07, 6.45) is 8.36. The second-order valence-electron chi connectivity index (χ2n) is 6.49. The first kappa shape index (κ1) is 15.0. The van der Waals surface area contributed by atoms with E-state index in [1.807, 2.05) is 24.7 Å². The van der Waals surface area contributed by atoms with E-state index in [2.05, 4.69) is 48.1 Å². The molecule has 1 saturated heterocycles. The van der Waals surface area contributed by atoms with Crippen molar-refractivity contribution in [2.45, 2.75) is 13.0 Å². The molecule has 0 unspecified atom stereocenters. The molecule has 7 heteroatoms. The zero-order valence-corrected chi connectivity index (χ0v) is 13.8. The Kier molecular flexibility index (Phi) is 4.08. The van der Waals surface area contributed by atoms with E-state index in [-0.39, 0.29) is 0 Å². The molecule has 1 aliphatic heterocycles. The highest BCUT2D eigenvalue weighted by molar-refractivity contribution is 5.86. The highest BCUT2D eigenvalue weighted by Crippen LogP contribution is 2.27. The molecule has 0 spiro atoms. The van der Waals surface area contributed by atoms with Gasteiger partial charge in [-0.2, -0.15) is 5.10 Å². The number of fused-ring (bicyclic) bond motifs is 1. The number of aromatic amines is 1. The highest BCUT2D eigenvalue weighted by Gasteiger charge is 2.26. The molecule has 4 rings (SSSR count). The first-order valence-electron chi connectivity index (χ1n) is 8.26. The van der Waals surface area contributed by atoms with Gasteiger partial charge in [0.2, 0.25) is 0 Å². The van der Waals surface area contributed by atoms with Gasteiger partial charge in [0.05, 0.1) is 11.6 Å². The van der Waals surface area contributed by atoms with Crippen LogP contribution in [0.2, 0.25) is 0 Å². The molecule has 1 aliphatic rings. The minimum Gasteiger partial charge on any atom is -0.356 e. The van der Waals surface area contributed by atoms with Gasteiger partial charge >= 0.3 is 0 Å². The van der Waals surface area contributed by atoms with Gasteiger partial charge in [0, 0.05) is 38.6 Å². The molecule has 0 saturated carbocycles. The van der Waals surface area contributed by atoms with Gasteiger partial charge in [-0.05, 0) is 31.0 Å². The minimum absolute atomic E-state index is 0.642. The Morgan fingerprint density at radius 2 is 2.29 bits per heavy atom. The van der Waals surface area contributed by atoms with E-state index in [4.69, 9.17) is 0 Å². The van der Waals surface area contributed by atoms with Crippen molar-refractivity contribution in [3.63, 3.8) is 0 Å². The first-order chi connectivity index (χ1) is 11.8. The lowest BCUT2D eigenvalue weighted by Gasteiger charge is -2.22. The third-order valence-electron chi connectivity index (χ3n) is 4.56. The van der Waals surface area contributed by atoms with Crippen LogP contribution in [0.15, 0.2) is 37.1 Å². The fourth-order valence-corrected chi connectivity index (χ4v) is 3.49. The van der Waals surface area contributed by atoms with Crippen LogP contribution >= 0.6 is 0 Å². The van der Waals surface area contributed by atoms with Crippen LogP contribution in [0.4, 0.5) is 5.82 Å². The molecule has 124 valence electrons. The van der Waals surface area contributed by atoms with Crippen LogP contribution in [-0.4, -0.2) is 56.7 Å². The van der Waals surface area contributed by atoms with Crippen LogP contribution in [0.3, 0.4) is 0 Å². The molecular formula is C17H21N7. The Morgan fingerprint density at radius 1 is 1.33 bits per heavy atom. The molecule has 4 heterocycles. The van der Waals surface area contributed by atoms with Crippen molar-refractivity contribution >= 4 is 16.9 Å². The van der Waals surface area contributed by atoms with Gasteiger partial charge in [0.1, 0.15) is 12.1 Å². The van der Waals surface area contributed by atoms with Gasteiger partial charge < -0.3 is 9.80 Å². The van der Waals surface area contributed by atoms with Crippen molar-refractivity contribution in [2.75, 3.05) is 31.6 Å². The van der Waals surface area contributed by atoms with Crippen LogP contribution in [0.1, 0.15) is 12.0 Å². The lowest BCUT2D eigenvalue weighted by atomic mass is 10.1. The Morgan fingerprint density at radius 3 is 3.17 bits per heavy atom. The van der Waals surface area contributed by atoms with E-state index in [1.165, 1.54) is 12.0 Å². The average Bonchev–Trinajstić information content (AvgIpc) is 3.24. The summed E-state index contributed by atoms with van der Waals surface area (Å²) in [7, 11) is 2.18. The van der Waals surface area contributed by atoms with Crippen LogP contribution in [-0.2, 0) is 6.54 Å². The van der Waals surface area contributed by atoms with E-state index in [0.717, 1.165) is 43.0 Å². The molecule has 7 nitrogen and oxygen atoms in total. The van der Waals surface area contributed by atoms with E-state index >= 15 is 0 Å². The highest BCUT2D eigenvalue weighted by atomic mass is 15.2. The molecular weight excluding hydrogens is 302 g/mol. The first-order valence-corrected chi connectivity index (χ1v) is 8.26. The third-order valence-corrected chi connectivity index (χ3v) is 4.56. The summed E-state index contributed by atoms with van der Waals surface area (Å²) < 4.78 is 0. The van der Waals surface area contributed by atoms with Gasteiger partial charge in [-0.15, -0.1) is 0 Å². The van der Waals surface area contributed by atoms with E-state index in [1.54, 1.807) is 6.33 Å². The predicted molar refractivity (Wildman–Crippen MR) is 92.6 cm³/mol. The molecule has 0 bridgehead atoms. The molecule has 3 aromatic rings. The van der Waals surface area contributed by atoms with Gasteiger partial charge in [0.15, 0.2) is 5.65 Å². The number of aromatic nitrogens is 5. The summed E-state index contributed by atoms with van der Waals surface area (Å²) in [6, 6.07) is 4.12. The molecule has 3 aromatic heterocycles. The lowest BCUT2D eigenvalue weighted by Crippen LogP contribution is -2.28. The number of anilines is 1. The minimum atomic E-state index is 0.642. The molecule has 0 amide bonds. The van der Waals surface area contributed by atoms with Crippen LogP contribution in [0.5, 0.6) is 0 Å². The lowest BCUT2D eigenvalue weighted by molar-refractivity contribution is 0.279. The second kappa shape index (κ2) is 6.52. The SMILES string of the molecule is CN(Cc1cccnc1)C[C@@H]1CCN(c2ncnc3[nH]ncc23)C1. The normalized spacial score (nSPS) is 17.9. The maximum atomic E-state index is 4.48.